The molecule has 0 unspecified atom stereocenters. The van der Waals surface area contributed by atoms with Crippen molar-refractivity contribution in [2.45, 2.75) is 11.8 Å². The summed E-state index contributed by atoms with van der Waals surface area (Å²) < 4.78 is 27.2. The Morgan fingerprint density at radius 1 is 0.862 bits per heavy atom. The maximum absolute atomic E-state index is 12.8. The van der Waals surface area contributed by atoms with Crippen LogP contribution in [0.2, 0.25) is 0 Å². The SMILES string of the molecule is Cc1ccc(S(=O)(=O)N2CCN(c3ccc(Nc4ccncc4)nn3)CC2)cc1. The molecular formula is C20H22N6O2S. The highest BCUT2D eigenvalue weighted by atomic mass is 32.2. The molecule has 8 nitrogen and oxygen atoms in total. The van der Waals surface area contributed by atoms with Crippen molar-refractivity contribution in [1.29, 1.82) is 0 Å². The van der Waals surface area contributed by atoms with Gasteiger partial charge in [-0.05, 0) is 43.3 Å². The predicted molar refractivity (Wildman–Crippen MR) is 112 cm³/mol. The van der Waals surface area contributed by atoms with Gasteiger partial charge in [-0.1, -0.05) is 17.7 Å². The largest absolute Gasteiger partial charge is 0.352 e. The Morgan fingerprint density at radius 2 is 1.55 bits per heavy atom. The lowest BCUT2D eigenvalue weighted by atomic mass is 10.2. The maximum Gasteiger partial charge on any atom is 0.243 e. The van der Waals surface area contributed by atoms with E-state index in [4.69, 9.17) is 0 Å². The van der Waals surface area contributed by atoms with Gasteiger partial charge in [0.1, 0.15) is 0 Å². The van der Waals surface area contributed by atoms with E-state index in [0.29, 0.717) is 36.9 Å². The van der Waals surface area contributed by atoms with Crippen molar-refractivity contribution < 1.29 is 8.42 Å². The first-order valence-corrected chi connectivity index (χ1v) is 10.8. The zero-order valence-electron chi connectivity index (χ0n) is 16.1. The highest BCUT2D eigenvalue weighted by Crippen LogP contribution is 2.21. The predicted octanol–water partition coefficient (Wildman–Crippen LogP) is 2.43. The summed E-state index contributed by atoms with van der Waals surface area (Å²) in [5, 5.41) is 11.7. The third-order valence-corrected chi connectivity index (χ3v) is 6.74. The smallest absolute Gasteiger partial charge is 0.243 e. The van der Waals surface area contributed by atoms with Crippen LogP contribution in [-0.4, -0.2) is 54.1 Å². The molecule has 29 heavy (non-hydrogen) atoms. The summed E-state index contributed by atoms with van der Waals surface area (Å²) in [5.74, 6) is 1.37. The van der Waals surface area contributed by atoms with E-state index >= 15 is 0 Å². The van der Waals surface area contributed by atoms with E-state index in [9.17, 15) is 8.42 Å². The van der Waals surface area contributed by atoms with Crippen LogP contribution in [0, 0.1) is 6.92 Å². The van der Waals surface area contributed by atoms with E-state index in [1.807, 2.05) is 48.2 Å². The minimum Gasteiger partial charge on any atom is -0.352 e. The number of anilines is 3. The van der Waals surface area contributed by atoms with Crippen molar-refractivity contribution in [3.63, 3.8) is 0 Å². The topological polar surface area (TPSA) is 91.3 Å². The lowest BCUT2D eigenvalue weighted by Gasteiger charge is -2.34. The number of aryl methyl sites for hydroxylation is 1. The molecule has 1 saturated heterocycles. The number of rotatable bonds is 5. The number of aromatic nitrogens is 3. The zero-order valence-corrected chi connectivity index (χ0v) is 16.9. The molecule has 4 rings (SSSR count). The second-order valence-corrected chi connectivity index (χ2v) is 8.78. The van der Waals surface area contributed by atoms with E-state index in [1.54, 1.807) is 24.5 Å². The molecule has 1 fully saturated rings. The Balaban J connectivity index is 1.38. The van der Waals surface area contributed by atoms with E-state index in [-0.39, 0.29) is 0 Å². The maximum atomic E-state index is 12.8. The van der Waals surface area contributed by atoms with Crippen LogP contribution in [0.25, 0.3) is 0 Å². The molecule has 1 N–H and O–H groups in total. The lowest BCUT2D eigenvalue weighted by molar-refractivity contribution is 0.383. The van der Waals surface area contributed by atoms with Gasteiger partial charge in [-0.3, -0.25) is 4.98 Å². The third kappa shape index (κ3) is 4.36. The Kier molecular flexibility index (Phi) is 5.41. The van der Waals surface area contributed by atoms with Gasteiger partial charge in [0, 0.05) is 44.3 Å². The molecule has 0 spiro atoms. The van der Waals surface area contributed by atoms with Crippen LogP contribution in [0.15, 0.2) is 65.8 Å². The molecule has 0 atom stereocenters. The Labute approximate surface area is 170 Å². The standard InChI is InChI=1S/C20H22N6O2S/c1-16-2-4-18(5-3-16)29(27,28)26-14-12-25(13-15-26)20-7-6-19(23-24-20)22-17-8-10-21-11-9-17/h2-11H,12-15H2,1H3,(H,21,22,23). The second-order valence-electron chi connectivity index (χ2n) is 6.84. The molecule has 0 radical (unpaired) electrons. The molecule has 1 aliphatic heterocycles. The van der Waals surface area contributed by atoms with Gasteiger partial charge < -0.3 is 10.2 Å². The minimum atomic E-state index is -3.47. The van der Waals surface area contributed by atoms with Crippen LogP contribution < -0.4 is 10.2 Å². The summed E-state index contributed by atoms with van der Waals surface area (Å²) in [6.07, 6.45) is 3.41. The van der Waals surface area contributed by atoms with Crippen molar-refractivity contribution in [3.8, 4) is 0 Å². The van der Waals surface area contributed by atoms with Crippen LogP contribution in [0.5, 0.6) is 0 Å². The molecule has 150 valence electrons. The fourth-order valence-corrected chi connectivity index (χ4v) is 4.58. The van der Waals surface area contributed by atoms with Gasteiger partial charge in [0.2, 0.25) is 10.0 Å². The number of hydrogen-bond donors (Lipinski definition) is 1. The highest BCUT2D eigenvalue weighted by Gasteiger charge is 2.28. The molecule has 2 aromatic heterocycles. The first-order valence-electron chi connectivity index (χ1n) is 9.35. The first kappa shape index (κ1) is 19.3. The van der Waals surface area contributed by atoms with Crippen molar-refractivity contribution in [2.24, 2.45) is 0 Å². The summed E-state index contributed by atoms with van der Waals surface area (Å²) in [4.78, 5) is 6.36. The number of piperazine rings is 1. The van der Waals surface area contributed by atoms with Gasteiger partial charge in [-0.25, -0.2) is 8.42 Å². The molecular weight excluding hydrogens is 388 g/mol. The first-order chi connectivity index (χ1) is 14.0. The summed E-state index contributed by atoms with van der Waals surface area (Å²) in [5.41, 5.74) is 1.92. The fraction of sp³-hybridized carbons (Fsp3) is 0.250. The fourth-order valence-electron chi connectivity index (χ4n) is 3.16. The van der Waals surface area contributed by atoms with Crippen LogP contribution in [0.1, 0.15) is 5.56 Å². The summed E-state index contributed by atoms with van der Waals surface area (Å²) in [6.45, 7) is 3.89. The molecule has 0 aliphatic carbocycles. The van der Waals surface area contributed by atoms with E-state index in [0.717, 1.165) is 17.1 Å². The monoisotopic (exact) mass is 410 g/mol. The average molecular weight is 411 g/mol. The quantitative estimate of drug-likeness (QED) is 0.691. The van der Waals surface area contributed by atoms with Gasteiger partial charge in [-0.2, -0.15) is 4.31 Å². The van der Waals surface area contributed by atoms with Crippen molar-refractivity contribution in [2.75, 3.05) is 36.4 Å². The van der Waals surface area contributed by atoms with Crippen molar-refractivity contribution in [3.05, 3.63) is 66.5 Å². The van der Waals surface area contributed by atoms with Crippen molar-refractivity contribution in [1.82, 2.24) is 19.5 Å². The number of benzene rings is 1. The summed E-state index contributed by atoms with van der Waals surface area (Å²) in [6, 6.07) is 14.4. The zero-order chi connectivity index (χ0) is 20.3. The third-order valence-electron chi connectivity index (χ3n) is 4.82. The van der Waals surface area contributed by atoms with Crippen LogP contribution in [0.4, 0.5) is 17.3 Å². The number of nitrogens with one attached hydrogen (secondary N) is 1. The molecule has 0 saturated carbocycles. The van der Waals surface area contributed by atoms with E-state index in [1.165, 1.54) is 4.31 Å². The normalized spacial score (nSPS) is 15.3. The Bertz CT molecular complexity index is 1050. The van der Waals surface area contributed by atoms with Crippen LogP contribution in [0.3, 0.4) is 0 Å². The lowest BCUT2D eigenvalue weighted by Crippen LogP contribution is -2.49. The number of pyridine rings is 1. The van der Waals surface area contributed by atoms with E-state index in [2.05, 4.69) is 20.5 Å². The van der Waals surface area contributed by atoms with E-state index < -0.39 is 10.0 Å². The molecule has 1 aliphatic rings. The average Bonchev–Trinajstić information content (AvgIpc) is 2.75. The molecule has 3 aromatic rings. The summed E-state index contributed by atoms with van der Waals surface area (Å²) >= 11 is 0. The van der Waals surface area contributed by atoms with Gasteiger partial charge >= 0.3 is 0 Å². The summed E-state index contributed by atoms with van der Waals surface area (Å²) in [7, 11) is -3.47. The van der Waals surface area contributed by atoms with Gasteiger partial charge in [0.15, 0.2) is 11.6 Å². The number of nitrogens with zero attached hydrogens (tertiary/aromatic N) is 5. The molecule has 0 amide bonds. The second kappa shape index (κ2) is 8.14. The molecule has 3 heterocycles. The Hall–Kier alpha value is -3.04. The number of sulfonamides is 1. The minimum absolute atomic E-state index is 0.336. The van der Waals surface area contributed by atoms with Crippen LogP contribution in [-0.2, 0) is 10.0 Å². The van der Waals surface area contributed by atoms with Crippen LogP contribution >= 0.6 is 0 Å². The molecule has 9 heteroatoms. The highest BCUT2D eigenvalue weighted by molar-refractivity contribution is 7.89. The van der Waals surface area contributed by atoms with Crippen molar-refractivity contribution >= 4 is 27.3 Å². The molecule has 0 bridgehead atoms. The number of hydrogen-bond acceptors (Lipinski definition) is 7. The van der Waals surface area contributed by atoms with Gasteiger partial charge in [-0.15, -0.1) is 10.2 Å². The molecule has 1 aromatic carbocycles. The van der Waals surface area contributed by atoms with Gasteiger partial charge in [0.25, 0.3) is 0 Å². The Morgan fingerprint density at radius 3 is 2.17 bits per heavy atom. The van der Waals surface area contributed by atoms with Gasteiger partial charge in [0.05, 0.1) is 4.90 Å².